The van der Waals surface area contributed by atoms with E-state index in [1.54, 1.807) is 0 Å². The van der Waals surface area contributed by atoms with E-state index in [0.29, 0.717) is 37.7 Å². The molecule has 1 N–H and O–H groups in total. The summed E-state index contributed by atoms with van der Waals surface area (Å²) < 4.78 is 32.2. The molecule has 2 aliphatic heterocycles. The SMILES string of the molecule is CCOc1ccc(Cc2cc(C34OCC(CO)(CC(OCc5ccccc5)C3OCc3ccccc3)O4)ccc2Cl)cc1. The van der Waals surface area contributed by atoms with Crippen molar-refractivity contribution in [2.24, 2.45) is 0 Å². The predicted octanol–water partition coefficient (Wildman–Crippen LogP) is 6.83. The number of halogens is 1. The summed E-state index contributed by atoms with van der Waals surface area (Å²) in [5, 5.41) is 11.2. The van der Waals surface area contributed by atoms with Crippen LogP contribution >= 0.6 is 11.6 Å². The summed E-state index contributed by atoms with van der Waals surface area (Å²) in [5.41, 5.74) is 3.98. The maximum absolute atomic E-state index is 10.5. The molecule has 2 aliphatic rings. The predicted molar refractivity (Wildman–Crippen MR) is 165 cm³/mol. The molecule has 0 amide bonds. The van der Waals surface area contributed by atoms with Crippen molar-refractivity contribution in [1.29, 1.82) is 0 Å². The summed E-state index contributed by atoms with van der Waals surface area (Å²) in [5.74, 6) is -0.463. The van der Waals surface area contributed by atoms with Crippen molar-refractivity contribution in [3.05, 3.63) is 136 Å². The largest absolute Gasteiger partial charge is 0.494 e. The Labute approximate surface area is 258 Å². The summed E-state index contributed by atoms with van der Waals surface area (Å²) in [6.07, 6.45) is 0.0316. The fraction of sp³-hybridized carbons (Fsp3) is 0.333. The molecule has 6 nitrogen and oxygen atoms in total. The summed E-state index contributed by atoms with van der Waals surface area (Å²) >= 11 is 6.74. The first kappa shape index (κ1) is 29.8. The van der Waals surface area contributed by atoms with Crippen LogP contribution in [-0.4, -0.2) is 42.7 Å². The highest BCUT2D eigenvalue weighted by Gasteiger charge is 2.64. The number of ether oxygens (including phenoxy) is 5. The second-order valence-corrected chi connectivity index (χ2v) is 11.6. The first-order valence-corrected chi connectivity index (χ1v) is 15.2. The summed E-state index contributed by atoms with van der Waals surface area (Å²) in [4.78, 5) is 0. The monoisotopic (exact) mass is 600 g/mol. The van der Waals surface area contributed by atoms with E-state index >= 15 is 0 Å². The van der Waals surface area contributed by atoms with Gasteiger partial charge in [0, 0.05) is 17.0 Å². The Morgan fingerprint density at radius 2 is 1.51 bits per heavy atom. The number of hydrogen-bond donors (Lipinski definition) is 1. The Bertz CT molecular complexity index is 1480. The second kappa shape index (κ2) is 13.2. The third-order valence-corrected chi connectivity index (χ3v) is 8.52. The Morgan fingerprint density at radius 3 is 2.16 bits per heavy atom. The number of rotatable bonds is 12. The lowest BCUT2D eigenvalue weighted by Gasteiger charge is -2.46. The smallest absolute Gasteiger partial charge is 0.225 e. The zero-order chi connectivity index (χ0) is 29.7. The van der Waals surface area contributed by atoms with Crippen LogP contribution in [0.25, 0.3) is 0 Å². The van der Waals surface area contributed by atoms with Crippen LogP contribution in [-0.2, 0) is 44.4 Å². The van der Waals surface area contributed by atoms with Gasteiger partial charge in [0.25, 0.3) is 0 Å². The lowest BCUT2D eigenvalue weighted by molar-refractivity contribution is -0.321. The van der Waals surface area contributed by atoms with Crippen molar-refractivity contribution in [3.63, 3.8) is 0 Å². The Balaban J connectivity index is 1.34. The molecule has 4 aromatic carbocycles. The van der Waals surface area contributed by atoms with Crippen LogP contribution in [0.3, 0.4) is 0 Å². The Kier molecular flexibility index (Phi) is 9.14. The normalized spacial score (nSPS) is 24.6. The molecule has 0 aliphatic carbocycles. The molecular formula is C36H37ClO6. The van der Waals surface area contributed by atoms with E-state index in [1.807, 2.05) is 110 Å². The van der Waals surface area contributed by atoms with E-state index in [1.165, 1.54) is 0 Å². The highest BCUT2D eigenvalue weighted by atomic mass is 35.5. The zero-order valence-corrected chi connectivity index (χ0v) is 25.0. The van der Waals surface area contributed by atoms with Gasteiger partial charge in [0.05, 0.1) is 39.1 Å². The summed E-state index contributed by atoms with van der Waals surface area (Å²) in [6, 6.07) is 33.9. The average Bonchev–Trinajstić information content (AvgIpc) is 3.37. The molecule has 6 rings (SSSR count). The zero-order valence-electron chi connectivity index (χ0n) is 24.3. The number of aliphatic hydroxyl groups is 1. The number of benzene rings is 4. The van der Waals surface area contributed by atoms with Crippen molar-refractivity contribution in [2.45, 2.75) is 56.6 Å². The first-order chi connectivity index (χ1) is 21.0. The maximum atomic E-state index is 10.5. The van der Waals surface area contributed by atoms with Gasteiger partial charge in [-0.3, -0.25) is 0 Å². The summed E-state index contributed by atoms with van der Waals surface area (Å²) in [7, 11) is 0. The molecule has 0 saturated carbocycles. The van der Waals surface area contributed by atoms with Crippen LogP contribution in [0.15, 0.2) is 103 Å². The quantitative estimate of drug-likeness (QED) is 0.192. The highest BCUT2D eigenvalue weighted by Crippen LogP contribution is 2.52. The molecule has 4 unspecified atom stereocenters. The van der Waals surface area contributed by atoms with E-state index in [2.05, 4.69) is 0 Å². The third kappa shape index (κ3) is 6.50. The second-order valence-electron chi connectivity index (χ2n) is 11.2. The van der Waals surface area contributed by atoms with Crippen molar-refractivity contribution in [1.82, 2.24) is 0 Å². The number of hydrogen-bond acceptors (Lipinski definition) is 6. The van der Waals surface area contributed by atoms with Gasteiger partial charge in [-0.15, -0.1) is 0 Å². The van der Waals surface area contributed by atoms with Crippen LogP contribution in [0.4, 0.5) is 0 Å². The average molecular weight is 601 g/mol. The van der Waals surface area contributed by atoms with Crippen molar-refractivity contribution < 1.29 is 28.8 Å². The number of fused-ring (bicyclic) bond motifs is 2. The van der Waals surface area contributed by atoms with Crippen molar-refractivity contribution >= 4 is 11.6 Å². The van der Waals surface area contributed by atoms with Gasteiger partial charge < -0.3 is 28.8 Å². The topological polar surface area (TPSA) is 66.4 Å². The van der Waals surface area contributed by atoms with Crippen LogP contribution < -0.4 is 4.74 Å². The van der Waals surface area contributed by atoms with E-state index in [0.717, 1.165) is 33.6 Å². The molecule has 4 atom stereocenters. The fourth-order valence-electron chi connectivity index (χ4n) is 5.95. The minimum Gasteiger partial charge on any atom is -0.494 e. The Morgan fingerprint density at radius 1 is 0.837 bits per heavy atom. The Hall–Kier alpha value is -3.23. The van der Waals surface area contributed by atoms with Gasteiger partial charge in [0.1, 0.15) is 17.5 Å². The standard InChI is InChI=1S/C36H37ClO6/c1-2-39-31-16-13-26(14-17-31)19-29-20-30(15-18-32(29)37)36-34(41-23-28-11-7-4-8-12-28)33(21-35(24-38,43-36)25-42-36)40-22-27-9-5-3-6-10-27/h3-18,20,33-34,38H,2,19,21-25H2,1H3. The summed E-state index contributed by atoms with van der Waals surface area (Å²) in [6.45, 7) is 3.36. The van der Waals surface area contributed by atoms with Gasteiger partial charge in [0.15, 0.2) is 0 Å². The molecule has 43 heavy (non-hydrogen) atoms. The molecular weight excluding hydrogens is 564 g/mol. The number of aliphatic hydroxyl groups excluding tert-OH is 1. The molecule has 2 heterocycles. The highest BCUT2D eigenvalue weighted by molar-refractivity contribution is 6.31. The molecule has 2 saturated heterocycles. The van der Waals surface area contributed by atoms with E-state index < -0.39 is 23.6 Å². The molecule has 2 bridgehead atoms. The van der Waals surface area contributed by atoms with E-state index in [-0.39, 0.29) is 13.2 Å². The van der Waals surface area contributed by atoms with E-state index in [9.17, 15) is 5.11 Å². The van der Waals surface area contributed by atoms with Crippen LogP contribution in [0.5, 0.6) is 5.75 Å². The molecule has 0 aromatic heterocycles. The lowest BCUT2D eigenvalue weighted by Crippen LogP contribution is -2.58. The van der Waals surface area contributed by atoms with Gasteiger partial charge in [-0.25, -0.2) is 0 Å². The van der Waals surface area contributed by atoms with Gasteiger partial charge in [-0.2, -0.15) is 0 Å². The van der Waals surface area contributed by atoms with Crippen LogP contribution in [0.1, 0.15) is 41.2 Å². The lowest BCUT2D eigenvalue weighted by atomic mass is 9.85. The maximum Gasteiger partial charge on any atom is 0.225 e. The van der Waals surface area contributed by atoms with Gasteiger partial charge >= 0.3 is 0 Å². The minimum atomic E-state index is -1.30. The van der Waals surface area contributed by atoms with Crippen molar-refractivity contribution in [3.8, 4) is 5.75 Å². The minimum absolute atomic E-state index is 0.196. The molecule has 7 heteroatoms. The van der Waals surface area contributed by atoms with E-state index in [4.69, 9.17) is 35.3 Å². The van der Waals surface area contributed by atoms with Crippen LogP contribution in [0, 0.1) is 0 Å². The van der Waals surface area contributed by atoms with Crippen LogP contribution in [0.2, 0.25) is 5.02 Å². The molecule has 4 aromatic rings. The van der Waals surface area contributed by atoms with Gasteiger partial charge in [-0.05, 0) is 59.9 Å². The van der Waals surface area contributed by atoms with Gasteiger partial charge in [0.2, 0.25) is 5.79 Å². The fourth-order valence-corrected chi connectivity index (χ4v) is 6.13. The molecule has 224 valence electrons. The molecule has 0 spiro atoms. The molecule has 0 radical (unpaired) electrons. The third-order valence-electron chi connectivity index (χ3n) is 8.15. The first-order valence-electron chi connectivity index (χ1n) is 14.8. The molecule has 2 fully saturated rings. The van der Waals surface area contributed by atoms with Crippen molar-refractivity contribution in [2.75, 3.05) is 19.8 Å². The van der Waals surface area contributed by atoms with Gasteiger partial charge in [-0.1, -0.05) is 90.5 Å².